The molecule has 2 aromatic carbocycles. The maximum Gasteiger partial charge on any atom is 0.420 e. The molecule has 0 aliphatic heterocycles. The summed E-state index contributed by atoms with van der Waals surface area (Å²) < 4.78 is 11.2. The number of nitro benzene ring substituents is 1. The van der Waals surface area contributed by atoms with Gasteiger partial charge in [0.25, 0.3) is 5.69 Å². The van der Waals surface area contributed by atoms with E-state index in [2.05, 4.69) is 0 Å². The fourth-order valence-corrected chi connectivity index (χ4v) is 2.45. The summed E-state index contributed by atoms with van der Waals surface area (Å²) in [4.78, 5) is 34.0. The molecular weight excluding hydrogens is 352 g/mol. The number of fused-ring (bicyclic) bond motifs is 1. The van der Waals surface area contributed by atoms with E-state index in [9.17, 15) is 19.7 Å². The van der Waals surface area contributed by atoms with Crippen LogP contribution >= 0.6 is 11.6 Å². The van der Waals surface area contributed by atoms with E-state index in [1.807, 2.05) is 0 Å². The summed E-state index contributed by atoms with van der Waals surface area (Å²) in [6.07, 6.45) is 0. The zero-order valence-corrected chi connectivity index (χ0v) is 13.4. The topological polar surface area (TPSA) is 105 Å². The molecule has 1 aromatic heterocycles. The maximum absolute atomic E-state index is 12.0. The van der Waals surface area contributed by atoms with Gasteiger partial charge in [-0.1, -0.05) is 23.7 Å². The fraction of sp³-hybridized carbons (Fsp3) is 0.125. The highest BCUT2D eigenvalue weighted by Gasteiger charge is 2.14. The van der Waals surface area contributed by atoms with Crippen LogP contribution in [0.5, 0.6) is 0 Å². The van der Waals surface area contributed by atoms with Crippen LogP contribution in [0, 0.1) is 10.1 Å². The van der Waals surface area contributed by atoms with Crippen molar-refractivity contribution in [3.05, 3.63) is 73.7 Å². The SMILES string of the molecule is O=C(Cn1c(=O)oc2cc(Cl)ccc21)OCc1cccc([N+](=O)[O-])c1. The van der Waals surface area contributed by atoms with Gasteiger partial charge in [0.05, 0.1) is 10.4 Å². The van der Waals surface area contributed by atoms with Crippen molar-refractivity contribution in [2.75, 3.05) is 0 Å². The molecule has 0 spiro atoms. The number of oxazole rings is 1. The molecular formula is C16H11ClN2O6. The first kappa shape index (κ1) is 16.7. The Kier molecular flexibility index (Phi) is 4.53. The van der Waals surface area contributed by atoms with E-state index in [-0.39, 0.29) is 24.4 Å². The lowest BCUT2D eigenvalue weighted by Gasteiger charge is -2.05. The van der Waals surface area contributed by atoms with E-state index in [1.54, 1.807) is 18.2 Å². The van der Waals surface area contributed by atoms with Crippen LogP contribution in [-0.4, -0.2) is 15.5 Å². The van der Waals surface area contributed by atoms with E-state index in [1.165, 1.54) is 24.3 Å². The molecule has 0 aliphatic rings. The van der Waals surface area contributed by atoms with Crippen LogP contribution in [0.25, 0.3) is 11.1 Å². The second kappa shape index (κ2) is 6.78. The minimum Gasteiger partial charge on any atom is -0.459 e. The number of carbonyl (C=O) groups excluding carboxylic acids is 1. The molecule has 0 saturated carbocycles. The van der Waals surface area contributed by atoms with Crippen molar-refractivity contribution in [2.45, 2.75) is 13.2 Å². The Labute approximate surface area is 145 Å². The molecule has 0 fully saturated rings. The van der Waals surface area contributed by atoms with Gasteiger partial charge in [0.2, 0.25) is 0 Å². The van der Waals surface area contributed by atoms with Crippen LogP contribution in [0.1, 0.15) is 5.56 Å². The van der Waals surface area contributed by atoms with Crippen molar-refractivity contribution in [1.29, 1.82) is 0 Å². The molecule has 0 amide bonds. The lowest BCUT2D eigenvalue weighted by molar-refractivity contribution is -0.384. The fourth-order valence-electron chi connectivity index (χ4n) is 2.29. The van der Waals surface area contributed by atoms with E-state index in [0.29, 0.717) is 16.1 Å². The van der Waals surface area contributed by atoms with Crippen LogP contribution < -0.4 is 5.76 Å². The number of nitrogens with zero attached hydrogens (tertiary/aromatic N) is 2. The molecule has 0 aliphatic carbocycles. The van der Waals surface area contributed by atoms with Gasteiger partial charge in [-0.05, 0) is 17.7 Å². The van der Waals surface area contributed by atoms with Gasteiger partial charge >= 0.3 is 11.7 Å². The predicted molar refractivity (Wildman–Crippen MR) is 88.4 cm³/mol. The predicted octanol–water partition coefficient (Wildman–Crippen LogP) is 2.90. The summed E-state index contributed by atoms with van der Waals surface area (Å²) in [6.45, 7) is -0.487. The first-order valence-corrected chi connectivity index (χ1v) is 7.49. The van der Waals surface area contributed by atoms with Crippen LogP contribution in [-0.2, 0) is 22.7 Å². The number of non-ortho nitro benzene ring substituents is 1. The Bertz CT molecular complexity index is 1020. The van der Waals surface area contributed by atoms with Crippen molar-refractivity contribution < 1.29 is 18.9 Å². The zero-order chi connectivity index (χ0) is 18.0. The molecule has 9 heteroatoms. The third-order valence-electron chi connectivity index (χ3n) is 3.44. The molecule has 0 bridgehead atoms. The van der Waals surface area contributed by atoms with Gasteiger partial charge in [-0.15, -0.1) is 0 Å². The van der Waals surface area contributed by atoms with Gasteiger partial charge < -0.3 is 9.15 Å². The molecule has 128 valence electrons. The lowest BCUT2D eigenvalue weighted by Crippen LogP contribution is -2.21. The van der Waals surface area contributed by atoms with Gasteiger partial charge in [0, 0.05) is 23.2 Å². The number of halogens is 1. The standard InChI is InChI=1S/C16H11ClN2O6/c17-11-4-5-13-14(7-11)25-16(21)18(13)8-15(20)24-9-10-2-1-3-12(6-10)19(22)23/h1-7H,8-9H2. The van der Waals surface area contributed by atoms with E-state index in [0.717, 1.165) is 4.57 Å². The lowest BCUT2D eigenvalue weighted by atomic mass is 10.2. The average Bonchev–Trinajstić information content (AvgIpc) is 2.88. The number of hydrogen-bond acceptors (Lipinski definition) is 6. The van der Waals surface area contributed by atoms with Gasteiger partial charge in [-0.3, -0.25) is 19.5 Å². The third-order valence-corrected chi connectivity index (χ3v) is 3.67. The molecule has 0 unspecified atom stereocenters. The van der Waals surface area contributed by atoms with Crippen LogP contribution in [0.2, 0.25) is 5.02 Å². The van der Waals surface area contributed by atoms with Gasteiger partial charge in [-0.2, -0.15) is 0 Å². The highest BCUT2D eigenvalue weighted by Crippen LogP contribution is 2.18. The number of hydrogen-bond donors (Lipinski definition) is 0. The Hall–Kier alpha value is -3.13. The van der Waals surface area contributed by atoms with Gasteiger partial charge in [0.1, 0.15) is 13.2 Å². The Balaban J connectivity index is 1.71. The summed E-state index contributed by atoms with van der Waals surface area (Å²) in [7, 11) is 0. The maximum atomic E-state index is 12.0. The highest BCUT2D eigenvalue weighted by atomic mass is 35.5. The van der Waals surface area contributed by atoms with E-state index in [4.69, 9.17) is 20.8 Å². The molecule has 3 rings (SSSR count). The Morgan fingerprint density at radius 1 is 1.28 bits per heavy atom. The molecule has 0 atom stereocenters. The first-order chi connectivity index (χ1) is 11.9. The molecule has 1 heterocycles. The minimum atomic E-state index is -0.704. The Morgan fingerprint density at radius 2 is 2.08 bits per heavy atom. The number of esters is 1. The largest absolute Gasteiger partial charge is 0.459 e. The highest BCUT2D eigenvalue weighted by molar-refractivity contribution is 6.31. The average molecular weight is 363 g/mol. The second-order valence-electron chi connectivity index (χ2n) is 5.15. The van der Waals surface area contributed by atoms with Crippen LogP contribution in [0.3, 0.4) is 0 Å². The second-order valence-corrected chi connectivity index (χ2v) is 5.59. The number of aromatic nitrogens is 1. The number of rotatable bonds is 5. The van der Waals surface area contributed by atoms with Crippen molar-refractivity contribution in [3.8, 4) is 0 Å². The van der Waals surface area contributed by atoms with Gasteiger partial charge in [-0.25, -0.2) is 4.79 Å². The van der Waals surface area contributed by atoms with Crippen molar-refractivity contribution in [2.24, 2.45) is 0 Å². The summed E-state index contributed by atoms with van der Waals surface area (Å²) in [6, 6.07) is 10.4. The quantitative estimate of drug-likeness (QED) is 0.392. The van der Waals surface area contributed by atoms with E-state index >= 15 is 0 Å². The number of ether oxygens (including phenoxy) is 1. The van der Waals surface area contributed by atoms with Crippen molar-refractivity contribution >= 4 is 34.4 Å². The first-order valence-electron chi connectivity index (χ1n) is 7.12. The summed E-state index contributed by atoms with van der Waals surface area (Å²) >= 11 is 5.83. The minimum absolute atomic E-state index is 0.0949. The monoisotopic (exact) mass is 362 g/mol. The molecule has 0 radical (unpaired) electrons. The number of nitro groups is 1. The third kappa shape index (κ3) is 3.69. The van der Waals surface area contributed by atoms with Crippen LogP contribution in [0.15, 0.2) is 51.7 Å². The van der Waals surface area contributed by atoms with Gasteiger partial charge in [0.15, 0.2) is 5.58 Å². The summed E-state index contributed by atoms with van der Waals surface area (Å²) in [5, 5.41) is 11.1. The number of carbonyl (C=O) groups is 1. The number of benzene rings is 2. The van der Waals surface area contributed by atoms with Crippen LogP contribution in [0.4, 0.5) is 5.69 Å². The smallest absolute Gasteiger partial charge is 0.420 e. The molecule has 8 nitrogen and oxygen atoms in total. The molecule has 0 saturated heterocycles. The molecule has 0 N–H and O–H groups in total. The molecule has 3 aromatic rings. The zero-order valence-electron chi connectivity index (χ0n) is 12.7. The van der Waals surface area contributed by atoms with Crippen molar-refractivity contribution in [1.82, 2.24) is 4.57 Å². The Morgan fingerprint density at radius 3 is 2.84 bits per heavy atom. The summed E-state index contributed by atoms with van der Waals surface area (Å²) in [5.41, 5.74) is 1.06. The van der Waals surface area contributed by atoms with E-state index < -0.39 is 16.6 Å². The van der Waals surface area contributed by atoms with Crippen molar-refractivity contribution in [3.63, 3.8) is 0 Å². The summed E-state index contributed by atoms with van der Waals surface area (Å²) in [5.74, 6) is -1.38. The molecule has 25 heavy (non-hydrogen) atoms. The normalized spacial score (nSPS) is 10.8.